The standard InChI is InChI=1S/C27H20N6O2/c1-3-25(34)32-20-9-16(8-17(10-20)19-13-31-33(2)15-19)18-11-23-24(14-30-26(23)29-12-18)21-4-6-28-27-22(21)5-7-35-27/h3-15H,1H2,2H3,(H,29,30)(H,32,34). The van der Waals surface area contributed by atoms with Gasteiger partial charge in [0.2, 0.25) is 11.6 Å². The fraction of sp³-hybridized carbons (Fsp3) is 0.0370. The number of benzene rings is 1. The van der Waals surface area contributed by atoms with Crippen LogP contribution in [-0.2, 0) is 11.8 Å². The number of aromatic nitrogens is 5. The molecule has 0 radical (unpaired) electrons. The van der Waals surface area contributed by atoms with Gasteiger partial charge in [0.25, 0.3) is 0 Å². The van der Waals surface area contributed by atoms with Gasteiger partial charge < -0.3 is 14.7 Å². The smallest absolute Gasteiger partial charge is 0.247 e. The van der Waals surface area contributed by atoms with Gasteiger partial charge in [0.1, 0.15) is 5.65 Å². The molecule has 0 saturated heterocycles. The Morgan fingerprint density at radius 2 is 1.89 bits per heavy atom. The number of nitrogens with one attached hydrogen (secondary N) is 2. The summed E-state index contributed by atoms with van der Waals surface area (Å²) in [6, 6.07) is 11.9. The predicted octanol–water partition coefficient (Wildman–Crippen LogP) is 5.56. The Labute approximate surface area is 199 Å². The number of hydrogen-bond acceptors (Lipinski definition) is 5. The van der Waals surface area contributed by atoms with E-state index in [1.807, 2.05) is 49.9 Å². The molecule has 8 heteroatoms. The van der Waals surface area contributed by atoms with Gasteiger partial charge in [-0.25, -0.2) is 9.97 Å². The maximum atomic E-state index is 12.0. The van der Waals surface area contributed by atoms with E-state index in [0.717, 1.165) is 49.8 Å². The van der Waals surface area contributed by atoms with Crippen molar-refractivity contribution < 1.29 is 9.21 Å². The number of furan rings is 1. The first-order chi connectivity index (χ1) is 17.1. The average molecular weight is 460 g/mol. The molecule has 170 valence electrons. The molecule has 0 bridgehead atoms. The molecule has 0 aliphatic heterocycles. The fourth-order valence-electron chi connectivity index (χ4n) is 4.29. The molecule has 0 aliphatic carbocycles. The first-order valence-corrected chi connectivity index (χ1v) is 11.0. The molecule has 6 aromatic rings. The Bertz CT molecular complexity index is 1740. The summed E-state index contributed by atoms with van der Waals surface area (Å²) in [4.78, 5) is 24.3. The predicted molar refractivity (Wildman–Crippen MR) is 136 cm³/mol. The highest BCUT2D eigenvalue weighted by Gasteiger charge is 2.14. The zero-order valence-corrected chi connectivity index (χ0v) is 18.8. The Morgan fingerprint density at radius 1 is 1.03 bits per heavy atom. The molecular formula is C27H20N6O2. The highest BCUT2D eigenvalue weighted by molar-refractivity contribution is 6.03. The van der Waals surface area contributed by atoms with Crippen LogP contribution in [0.4, 0.5) is 5.69 Å². The number of hydrogen-bond donors (Lipinski definition) is 2. The summed E-state index contributed by atoms with van der Waals surface area (Å²) in [7, 11) is 1.87. The van der Waals surface area contributed by atoms with Gasteiger partial charge in [-0.05, 0) is 59.2 Å². The first-order valence-electron chi connectivity index (χ1n) is 11.0. The molecule has 8 nitrogen and oxygen atoms in total. The number of aromatic amines is 1. The summed E-state index contributed by atoms with van der Waals surface area (Å²) in [6.07, 6.45) is 12.1. The summed E-state index contributed by atoms with van der Waals surface area (Å²) < 4.78 is 7.23. The van der Waals surface area contributed by atoms with E-state index in [-0.39, 0.29) is 5.91 Å². The molecule has 5 heterocycles. The van der Waals surface area contributed by atoms with Gasteiger partial charge in [-0.1, -0.05) is 6.58 Å². The molecule has 0 fully saturated rings. The maximum Gasteiger partial charge on any atom is 0.247 e. The van der Waals surface area contributed by atoms with Crippen LogP contribution in [0.2, 0.25) is 0 Å². The van der Waals surface area contributed by atoms with Crippen LogP contribution >= 0.6 is 0 Å². The highest BCUT2D eigenvalue weighted by atomic mass is 16.3. The van der Waals surface area contributed by atoms with Gasteiger partial charge in [0.05, 0.1) is 12.5 Å². The first kappa shape index (κ1) is 20.6. The molecule has 2 N–H and O–H groups in total. The third-order valence-corrected chi connectivity index (χ3v) is 5.95. The number of aryl methyl sites for hydroxylation is 1. The van der Waals surface area contributed by atoms with Crippen LogP contribution < -0.4 is 5.32 Å². The number of carbonyl (C=O) groups excluding carboxylic acids is 1. The molecular weight excluding hydrogens is 440 g/mol. The lowest BCUT2D eigenvalue weighted by molar-refractivity contribution is -0.111. The average Bonchev–Trinajstić information content (AvgIpc) is 3.62. The number of amides is 1. The van der Waals surface area contributed by atoms with E-state index in [1.165, 1.54) is 6.08 Å². The third-order valence-electron chi connectivity index (χ3n) is 5.95. The fourth-order valence-corrected chi connectivity index (χ4v) is 4.29. The SMILES string of the molecule is C=CC(=O)Nc1cc(-c2cnc3[nH]cc(-c4ccnc5occc45)c3c2)cc(-c2cnn(C)c2)c1. The van der Waals surface area contributed by atoms with E-state index in [1.54, 1.807) is 23.3 Å². The zero-order valence-electron chi connectivity index (χ0n) is 18.8. The van der Waals surface area contributed by atoms with Crippen LogP contribution in [0.25, 0.3) is 55.5 Å². The van der Waals surface area contributed by atoms with Crippen LogP contribution in [0.5, 0.6) is 0 Å². The number of H-pyrrole nitrogens is 1. The van der Waals surface area contributed by atoms with Crippen molar-refractivity contribution in [2.24, 2.45) is 7.05 Å². The van der Waals surface area contributed by atoms with Crippen LogP contribution in [0.3, 0.4) is 0 Å². The number of pyridine rings is 2. The summed E-state index contributed by atoms with van der Waals surface area (Å²) >= 11 is 0. The summed E-state index contributed by atoms with van der Waals surface area (Å²) in [6.45, 7) is 3.56. The lowest BCUT2D eigenvalue weighted by Gasteiger charge is -2.10. The van der Waals surface area contributed by atoms with Crippen LogP contribution in [-0.4, -0.2) is 30.6 Å². The van der Waals surface area contributed by atoms with Crippen molar-refractivity contribution in [1.82, 2.24) is 24.7 Å². The van der Waals surface area contributed by atoms with Crippen LogP contribution in [0, 0.1) is 0 Å². The number of fused-ring (bicyclic) bond motifs is 2. The number of anilines is 1. The van der Waals surface area contributed by atoms with Crippen LogP contribution in [0.15, 0.2) is 90.7 Å². The van der Waals surface area contributed by atoms with E-state index < -0.39 is 0 Å². The van der Waals surface area contributed by atoms with E-state index in [4.69, 9.17) is 4.42 Å². The van der Waals surface area contributed by atoms with Crippen molar-refractivity contribution in [2.45, 2.75) is 0 Å². The Balaban J connectivity index is 1.51. The molecule has 0 aliphatic rings. The molecule has 0 atom stereocenters. The Hall–Kier alpha value is -4.98. The van der Waals surface area contributed by atoms with Crippen LogP contribution in [0.1, 0.15) is 0 Å². The third kappa shape index (κ3) is 3.67. The highest BCUT2D eigenvalue weighted by Crippen LogP contribution is 2.36. The minimum atomic E-state index is -0.275. The van der Waals surface area contributed by atoms with Crippen molar-refractivity contribution in [3.63, 3.8) is 0 Å². The molecule has 5 aromatic heterocycles. The van der Waals surface area contributed by atoms with E-state index in [0.29, 0.717) is 11.4 Å². The van der Waals surface area contributed by atoms with E-state index in [2.05, 4.69) is 44.1 Å². The zero-order chi connectivity index (χ0) is 23.9. The molecule has 35 heavy (non-hydrogen) atoms. The van der Waals surface area contributed by atoms with Gasteiger partial charge in [-0.3, -0.25) is 9.48 Å². The topological polar surface area (TPSA) is 102 Å². The second kappa shape index (κ2) is 8.11. The van der Waals surface area contributed by atoms with E-state index >= 15 is 0 Å². The van der Waals surface area contributed by atoms with Crippen molar-refractivity contribution in [3.05, 3.63) is 86.3 Å². The second-order valence-corrected chi connectivity index (χ2v) is 8.22. The molecule has 6 rings (SSSR count). The largest absolute Gasteiger partial charge is 0.446 e. The monoisotopic (exact) mass is 460 g/mol. The second-order valence-electron chi connectivity index (χ2n) is 8.22. The summed E-state index contributed by atoms with van der Waals surface area (Å²) in [5, 5.41) is 9.07. The molecule has 0 spiro atoms. The normalized spacial score (nSPS) is 11.2. The summed E-state index contributed by atoms with van der Waals surface area (Å²) in [5.41, 5.74) is 7.75. The van der Waals surface area contributed by atoms with Gasteiger partial charge >= 0.3 is 0 Å². The number of carbonyl (C=O) groups is 1. The van der Waals surface area contributed by atoms with Crippen molar-refractivity contribution >= 4 is 33.7 Å². The molecule has 0 unspecified atom stereocenters. The van der Waals surface area contributed by atoms with Crippen molar-refractivity contribution in [3.8, 4) is 33.4 Å². The van der Waals surface area contributed by atoms with Gasteiger partial charge in [0, 0.05) is 65.0 Å². The van der Waals surface area contributed by atoms with E-state index in [9.17, 15) is 4.79 Å². The van der Waals surface area contributed by atoms with Gasteiger partial charge in [-0.2, -0.15) is 5.10 Å². The number of rotatable bonds is 5. The minimum absolute atomic E-state index is 0.275. The maximum absolute atomic E-state index is 12.0. The van der Waals surface area contributed by atoms with Crippen molar-refractivity contribution in [1.29, 1.82) is 0 Å². The minimum Gasteiger partial charge on any atom is -0.446 e. The lowest BCUT2D eigenvalue weighted by Crippen LogP contribution is -2.07. The molecule has 1 amide bonds. The molecule has 1 aromatic carbocycles. The van der Waals surface area contributed by atoms with Gasteiger partial charge in [-0.15, -0.1) is 0 Å². The molecule has 0 saturated carbocycles. The quantitative estimate of drug-likeness (QED) is 0.328. The number of nitrogens with zero attached hydrogens (tertiary/aromatic N) is 4. The lowest BCUT2D eigenvalue weighted by atomic mass is 9.98. The van der Waals surface area contributed by atoms with Crippen molar-refractivity contribution in [2.75, 3.05) is 5.32 Å². The van der Waals surface area contributed by atoms with Gasteiger partial charge in [0.15, 0.2) is 0 Å². The summed E-state index contributed by atoms with van der Waals surface area (Å²) in [5.74, 6) is -0.275. The Morgan fingerprint density at radius 3 is 2.69 bits per heavy atom. The Kier molecular flexibility index (Phi) is 4.77.